The molecule has 3 rings (SSSR count). The van der Waals surface area contributed by atoms with Gasteiger partial charge in [-0.15, -0.1) is 15.0 Å². The molecule has 1 saturated heterocycles. The fraction of sp³-hybridized carbons (Fsp3) is 0.364. The molecule has 0 aliphatic carbocycles. The van der Waals surface area contributed by atoms with E-state index in [2.05, 4.69) is 20.7 Å². The molecule has 1 atom stereocenters. The van der Waals surface area contributed by atoms with Gasteiger partial charge in [0.1, 0.15) is 0 Å². The number of tetrazole rings is 1. The molecule has 2 heterocycles. The highest BCUT2D eigenvalue weighted by atomic mass is 16.5. The predicted molar refractivity (Wildman–Crippen MR) is 60.7 cm³/mol. The second kappa shape index (κ2) is 4.60. The van der Waals surface area contributed by atoms with Gasteiger partial charge in [0.2, 0.25) is 0 Å². The molecule has 1 unspecified atom stereocenters. The molecule has 1 aromatic carbocycles. The Bertz CT molecular complexity index is 478. The standard InChI is InChI=1S/C11H13N5O/c1-2-4-9(5-3-1)16-14-11(13-15-16)10-8-17-7-6-12-10/h1-5,10,12H,6-8H2. The zero-order chi connectivity index (χ0) is 11.5. The molecule has 1 aliphatic rings. The van der Waals surface area contributed by atoms with Gasteiger partial charge in [0.25, 0.3) is 0 Å². The van der Waals surface area contributed by atoms with Crippen molar-refractivity contribution >= 4 is 0 Å². The summed E-state index contributed by atoms with van der Waals surface area (Å²) in [6.45, 7) is 2.16. The average molecular weight is 231 g/mol. The molecule has 0 spiro atoms. The van der Waals surface area contributed by atoms with Gasteiger partial charge in [-0.3, -0.25) is 0 Å². The summed E-state index contributed by atoms with van der Waals surface area (Å²) in [5.41, 5.74) is 0.906. The number of nitrogens with one attached hydrogen (secondary N) is 1. The number of para-hydroxylation sites is 1. The number of morpholine rings is 1. The lowest BCUT2D eigenvalue weighted by molar-refractivity contribution is 0.0742. The summed E-state index contributed by atoms with van der Waals surface area (Å²) >= 11 is 0. The minimum absolute atomic E-state index is 0.0428. The monoisotopic (exact) mass is 231 g/mol. The van der Waals surface area contributed by atoms with E-state index in [1.807, 2.05) is 30.3 Å². The lowest BCUT2D eigenvalue weighted by Gasteiger charge is -2.20. The number of hydrogen-bond acceptors (Lipinski definition) is 5. The molecular formula is C11H13N5O. The first-order valence-electron chi connectivity index (χ1n) is 5.60. The van der Waals surface area contributed by atoms with E-state index in [1.54, 1.807) is 0 Å². The van der Waals surface area contributed by atoms with E-state index in [4.69, 9.17) is 4.74 Å². The van der Waals surface area contributed by atoms with E-state index >= 15 is 0 Å². The summed E-state index contributed by atoms with van der Waals surface area (Å²) in [6, 6.07) is 9.77. The Morgan fingerprint density at radius 3 is 2.94 bits per heavy atom. The number of ether oxygens (including phenoxy) is 1. The molecule has 0 saturated carbocycles. The summed E-state index contributed by atoms with van der Waals surface area (Å²) in [5, 5.41) is 15.8. The molecule has 17 heavy (non-hydrogen) atoms. The SMILES string of the molecule is c1ccc(-n2nnc(C3COCCN3)n2)cc1. The Balaban J connectivity index is 1.83. The van der Waals surface area contributed by atoms with Crippen molar-refractivity contribution in [1.29, 1.82) is 0 Å². The smallest absolute Gasteiger partial charge is 0.194 e. The number of nitrogens with zero attached hydrogens (tertiary/aromatic N) is 4. The van der Waals surface area contributed by atoms with Crippen molar-refractivity contribution < 1.29 is 4.74 Å². The molecule has 1 aliphatic heterocycles. The van der Waals surface area contributed by atoms with Gasteiger partial charge in [-0.2, -0.15) is 0 Å². The number of benzene rings is 1. The van der Waals surface area contributed by atoms with Crippen LogP contribution in [0.5, 0.6) is 0 Å². The number of rotatable bonds is 2. The van der Waals surface area contributed by atoms with Crippen LogP contribution in [0.2, 0.25) is 0 Å². The van der Waals surface area contributed by atoms with Gasteiger partial charge in [-0.1, -0.05) is 18.2 Å². The Kier molecular flexibility index (Phi) is 2.81. The largest absolute Gasteiger partial charge is 0.378 e. The zero-order valence-electron chi connectivity index (χ0n) is 9.28. The fourth-order valence-corrected chi connectivity index (χ4v) is 1.77. The van der Waals surface area contributed by atoms with Crippen molar-refractivity contribution in [2.45, 2.75) is 6.04 Å². The quantitative estimate of drug-likeness (QED) is 0.806. The lowest BCUT2D eigenvalue weighted by Crippen LogP contribution is -2.35. The first-order chi connectivity index (χ1) is 8.43. The number of aromatic nitrogens is 4. The molecular weight excluding hydrogens is 218 g/mol. The molecule has 6 nitrogen and oxygen atoms in total. The van der Waals surface area contributed by atoms with Crippen LogP contribution in [0.4, 0.5) is 0 Å². The highest BCUT2D eigenvalue weighted by Crippen LogP contribution is 2.11. The average Bonchev–Trinajstić information content (AvgIpc) is 2.90. The van der Waals surface area contributed by atoms with E-state index in [9.17, 15) is 0 Å². The normalized spacial score (nSPS) is 20.4. The zero-order valence-corrected chi connectivity index (χ0v) is 9.28. The van der Waals surface area contributed by atoms with Crippen LogP contribution >= 0.6 is 0 Å². The van der Waals surface area contributed by atoms with Crippen LogP contribution in [0.1, 0.15) is 11.9 Å². The Morgan fingerprint density at radius 1 is 1.29 bits per heavy atom. The van der Waals surface area contributed by atoms with Gasteiger partial charge in [0.05, 0.1) is 24.9 Å². The maximum Gasteiger partial charge on any atom is 0.194 e. The van der Waals surface area contributed by atoms with Crippen LogP contribution in [0, 0.1) is 0 Å². The molecule has 1 N–H and O–H groups in total. The molecule has 1 aromatic heterocycles. The van der Waals surface area contributed by atoms with E-state index < -0.39 is 0 Å². The van der Waals surface area contributed by atoms with Crippen molar-refractivity contribution in [1.82, 2.24) is 25.5 Å². The topological polar surface area (TPSA) is 64.9 Å². The minimum atomic E-state index is 0.0428. The predicted octanol–water partition coefficient (Wildman–Crippen LogP) is 0.323. The maximum absolute atomic E-state index is 5.37. The fourth-order valence-electron chi connectivity index (χ4n) is 1.77. The Labute approximate surface area is 98.6 Å². The lowest BCUT2D eigenvalue weighted by atomic mass is 10.3. The summed E-state index contributed by atoms with van der Waals surface area (Å²) in [6.07, 6.45) is 0. The third-order valence-electron chi connectivity index (χ3n) is 2.65. The van der Waals surface area contributed by atoms with Crippen molar-refractivity contribution in [2.24, 2.45) is 0 Å². The molecule has 2 aromatic rings. The van der Waals surface area contributed by atoms with Crippen LogP contribution in [-0.4, -0.2) is 40.0 Å². The third kappa shape index (κ3) is 2.17. The van der Waals surface area contributed by atoms with E-state index in [0.29, 0.717) is 12.4 Å². The van der Waals surface area contributed by atoms with Crippen LogP contribution in [0.3, 0.4) is 0 Å². The van der Waals surface area contributed by atoms with Gasteiger partial charge in [0.15, 0.2) is 5.82 Å². The molecule has 0 radical (unpaired) electrons. The highest BCUT2D eigenvalue weighted by Gasteiger charge is 2.20. The summed E-state index contributed by atoms with van der Waals surface area (Å²) in [7, 11) is 0. The van der Waals surface area contributed by atoms with Crippen LogP contribution < -0.4 is 5.32 Å². The minimum Gasteiger partial charge on any atom is -0.378 e. The first kappa shape index (κ1) is 10.4. The highest BCUT2D eigenvalue weighted by molar-refractivity contribution is 5.28. The molecule has 1 fully saturated rings. The van der Waals surface area contributed by atoms with E-state index in [1.165, 1.54) is 4.80 Å². The van der Waals surface area contributed by atoms with Crippen molar-refractivity contribution in [3.8, 4) is 5.69 Å². The van der Waals surface area contributed by atoms with E-state index in [0.717, 1.165) is 18.8 Å². The second-order valence-electron chi connectivity index (χ2n) is 3.85. The van der Waals surface area contributed by atoms with E-state index in [-0.39, 0.29) is 6.04 Å². The van der Waals surface area contributed by atoms with Crippen molar-refractivity contribution in [3.05, 3.63) is 36.2 Å². The Morgan fingerprint density at radius 2 is 2.18 bits per heavy atom. The molecule has 6 heteroatoms. The summed E-state index contributed by atoms with van der Waals surface area (Å²) in [5.74, 6) is 0.675. The van der Waals surface area contributed by atoms with Crippen LogP contribution in [0.25, 0.3) is 5.69 Å². The van der Waals surface area contributed by atoms with Gasteiger partial charge < -0.3 is 10.1 Å². The maximum atomic E-state index is 5.37. The third-order valence-corrected chi connectivity index (χ3v) is 2.65. The van der Waals surface area contributed by atoms with Crippen LogP contribution in [0.15, 0.2) is 30.3 Å². The van der Waals surface area contributed by atoms with Crippen molar-refractivity contribution in [3.63, 3.8) is 0 Å². The molecule has 0 amide bonds. The van der Waals surface area contributed by atoms with Gasteiger partial charge in [-0.05, 0) is 17.3 Å². The second-order valence-corrected chi connectivity index (χ2v) is 3.85. The van der Waals surface area contributed by atoms with Gasteiger partial charge >= 0.3 is 0 Å². The number of hydrogen-bond donors (Lipinski definition) is 1. The molecule has 88 valence electrons. The Hall–Kier alpha value is -1.79. The van der Waals surface area contributed by atoms with Gasteiger partial charge in [0, 0.05) is 6.54 Å². The van der Waals surface area contributed by atoms with Gasteiger partial charge in [-0.25, -0.2) is 0 Å². The summed E-state index contributed by atoms with van der Waals surface area (Å²) in [4.78, 5) is 1.53. The van der Waals surface area contributed by atoms with Crippen molar-refractivity contribution in [2.75, 3.05) is 19.8 Å². The van der Waals surface area contributed by atoms with Crippen LogP contribution in [-0.2, 0) is 4.74 Å². The summed E-state index contributed by atoms with van der Waals surface area (Å²) < 4.78 is 5.37. The first-order valence-corrected chi connectivity index (χ1v) is 5.60. The molecule has 0 bridgehead atoms.